The summed E-state index contributed by atoms with van der Waals surface area (Å²) in [7, 11) is 3.35. The van der Waals surface area contributed by atoms with Crippen LogP contribution in [0, 0.1) is 0 Å². The van der Waals surface area contributed by atoms with Crippen LogP contribution in [0.5, 0.6) is 11.5 Å². The summed E-state index contributed by atoms with van der Waals surface area (Å²) < 4.78 is 11.2. The van der Waals surface area contributed by atoms with Crippen molar-refractivity contribution in [2.75, 3.05) is 31.8 Å². The van der Waals surface area contributed by atoms with E-state index in [1.54, 1.807) is 14.2 Å². The summed E-state index contributed by atoms with van der Waals surface area (Å²) in [6, 6.07) is 20.0. The Bertz CT molecular complexity index is 1020. The standard InChI is InChI=1S/C26H28N2O2/c1-4-28-24-15-9-20(10-16-24)6-12-22-18-25(29-2)21(17-26(22)30-3)11-5-19-7-13-23(27)14-8-19/h5-18,28H,4,27H2,1-3H3/b11-5+,12-6+. The van der Waals surface area contributed by atoms with E-state index in [1.807, 2.05) is 54.6 Å². The molecule has 3 rings (SSSR count). The van der Waals surface area contributed by atoms with E-state index in [4.69, 9.17) is 15.2 Å². The molecular weight excluding hydrogens is 372 g/mol. The smallest absolute Gasteiger partial charge is 0.126 e. The Morgan fingerprint density at radius 3 is 1.63 bits per heavy atom. The third-order valence-electron chi connectivity index (χ3n) is 4.72. The normalized spacial score (nSPS) is 11.2. The highest BCUT2D eigenvalue weighted by molar-refractivity contribution is 5.79. The second kappa shape index (κ2) is 10.2. The van der Waals surface area contributed by atoms with Gasteiger partial charge in [-0.1, -0.05) is 48.6 Å². The van der Waals surface area contributed by atoms with Crippen LogP contribution in [-0.4, -0.2) is 20.8 Å². The molecular formula is C26H28N2O2. The zero-order valence-corrected chi connectivity index (χ0v) is 17.7. The van der Waals surface area contributed by atoms with Crippen molar-refractivity contribution in [3.8, 4) is 11.5 Å². The monoisotopic (exact) mass is 400 g/mol. The number of nitrogens with one attached hydrogen (secondary N) is 1. The summed E-state index contributed by atoms with van der Waals surface area (Å²) in [4.78, 5) is 0. The minimum atomic E-state index is 0.749. The Kier molecular flexibility index (Phi) is 7.17. The number of rotatable bonds is 8. The van der Waals surface area contributed by atoms with Crippen LogP contribution >= 0.6 is 0 Å². The van der Waals surface area contributed by atoms with E-state index >= 15 is 0 Å². The van der Waals surface area contributed by atoms with Crippen LogP contribution in [0.2, 0.25) is 0 Å². The molecule has 0 saturated carbocycles. The molecule has 3 aromatic rings. The zero-order valence-electron chi connectivity index (χ0n) is 17.7. The average Bonchev–Trinajstić information content (AvgIpc) is 2.78. The second-order valence-corrected chi connectivity index (χ2v) is 6.82. The fourth-order valence-electron chi connectivity index (χ4n) is 3.10. The van der Waals surface area contributed by atoms with Gasteiger partial charge in [0.05, 0.1) is 14.2 Å². The zero-order chi connectivity index (χ0) is 21.3. The number of hydrogen-bond acceptors (Lipinski definition) is 4. The van der Waals surface area contributed by atoms with Crippen LogP contribution in [0.4, 0.5) is 11.4 Å². The van der Waals surface area contributed by atoms with Crippen molar-refractivity contribution in [1.82, 2.24) is 0 Å². The lowest BCUT2D eigenvalue weighted by Gasteiger charge is -2.11. The molecule has 0 amide bonds. The molecule has 4 nitrogen and oxygen atoms in total. The molecule has 0 saturated heterocycles. The Labute approximate surface area is 178 Å². The number of hydrogen-bond donors (Lipinski definition) is 2. The van der Waals surface area contributed by atoms with Crippen molar-refractivity contribution >= 4 is 35.7 Å². The molecule has 0 aliphatic rings. The van der Waals surface area contributed by atoms with Gasteiger partial charge >= 0.3 is 0 Å². The summed E-state index contributed by atoms with van der Waals surface area (Å²) in [6.07, 6.45) is 8.14. The molecule has 3 aromatic carbocycles. The molecule has 3 N–H and O–H groups in total. The Balaban J connectivity index is 1.85. The third kappa shape index (κ3) is 5.45. The molecule has 0 atom stereocenters. The Morgan fingerprint density at radius 2 is 1.20 bits per heavy atom. The predicted molar refractivity (Wildman–Crippen MR) is 129 cm³/mol. The van der Waals surface area contributed by atoms with Crippen LogP contribution < -0.4 is 20.5 Å². The predicted octanol–water partition coefficient (Wildman–Crippen LogP) is 6.06. The first-order chi connectivity index (χ1) is 14.6. The number of methoxy groups -OCH3 is 2. The second-order valence-electron chi connectivity index (χ2n) is 6.82. The minimum Gasteiger partial charge on any atom is -0.496 e. The van der Waals surface area contributed by atoms with Gasteiger partial charge in [0.15, 0.2) is 0 Å². The maximum atomic E-state index is 5.76. The molecule has 0 aromatic heterocycles. The lowest BCUT2D eigenvalue weighted by atomic mass is 10.1. The quantitative estimate of drug-likeness (QED) is 0.356. The summed E-state index contributed by atoms with van der Waals surface area (Å²) >= 11 is 0. The van der Waals surface area contributed by atoms with Crippen LogP contribution in [-0.2, 0) is 0 Å². The van der Waals surface area contributed by atoms with Gasteiger partial charge in [-0.05, 0) is 54.4 Å². The van der Waals surface area contributed by atoms with E-state index in [9.17, 15) is 0 Å². The largest absolute Gasteiger partial charge is 0.496 e. The molecule has 0 aliphatic carbocycles. The number of benzene rings is 3. The third-order valence-corrected chi connectivity index (χ3v) is 4.72. The Hall–Kier alpha value is -3.66. The van der Waals surface area contributed by atoms with Gasteiger partial charge in [-0.25, -0.2) is 0 Å². The topological polar surface area (TPSA) is 56.5 Å². The summed E-state index contributed by atoms with van der Waals surface area (Å²) in [6.45, 7) is 2.99. The van der Waals surface area contributed by atoms with Crippen molar-refractivity contribution in [3.05, 3.63) is 82.9 Å². The maximum Gasteiger partial charge on any atom is 0.126 e. The van der Waals surface area contributed by atoms with Gasteiger partial charge in [-0.15, -0.1) is 0 Å². The maximum absolute atomic E-state index is 5.76. The van der Waals surface area contributed by atoms with Crippen molar-refractivity contribution in [1.29, 1.82) is 0 Å². The summed E-state index contributed by atoms with van der Waals surface area (Å²) in [5.41, 5.74) is 11.7. The van der Waals surface area contributed by atoms with Crippen LogP contribution in [0.15, 0.2) is 60.7 Å². The number of anilines is 2. The van der Waals surface area contributed by atoms with E-state index in [1.165, 1.54) is 0 Å². The number of nitrogen functional groups attached to an aromatic ring is 1. The highest BCUT2D eigenvalue weighted by Gasteiger charge is 2.08. The van der Waals surface area contributed by atoms with E-state index in [-0.39, 0.29) is 0 Å². The van der Waals surface area contributed by atoms with Crippen LogP contribution in [0.3, 0.4) is 0 Å². The molecule has 0 radical (unpaired) electrons. The number of nitrogens with two attached hydrogens (primary N) is 1. The van der Waals surface area contributed by atoms with Gasteiger partial charge in [0, 0.05) is 29.0 Å². The van der Waals surface area contributed by atoms with Gasteiger partial charge in [-0.2, -0.15) is 0 Å². The van der Waals surface area contributed by atoms with E-state index < -0.39 is 0 Å². The summed E-state index contributed by atoms with van der Waals surface area (Å²) in [5, 5.41) is 3.30. The fourth-order valence-corrected chi connectivity index (χ4v) is 3.10. The van der Waals surface area contributed by atoms with Crippen molar-refractivity contribution in [2.45, 2.75) is 6.92 Å². The molecule has 154 valence electrons. The first-order valence-corrected chi connectivity index (χ1v) is 9.94. The molecule has 0 aliphatic heterocycles. The highest BCUT2D eigenvalue weighted by Crippen LogP contribution is 2.31. The van der Waals surface area contributed by atoms with Crippen molar-refractivity contribution in [3.63, 3.8) is 0 Å². The van der Waals surface area contributed by atoms with Crippen LogP contribution in [0.25, 0.3) is 24.3 Å². The van der Waals surface area contributed by atoms with Crippen molar-refractivity contribution < 1.29 is 9.47 Å². The van der Waals surface area contributed by atoms with Gasteiger partial charge < -0.3 is 20.5 Å². The fraction of sp³-hybridized carbons (Fsp3) is 0.154. The van der Waals surface area contributed by atoms with Gasteiger partial charge in [0.2, 0.25) is 0 Å². The van der Waals surface area contributed by atoms with Gasteiger partial charge in [0.1, 0.15) is 11.5 Å². The molecule has 0 unspecified atom stereocenters. The lowest BCUT2D eigenvalue weighted by molar-refractivity contribution is 0.401. The first kappa shape index (κ1) is 21.1. The highest BCUT2D eigenvalue weighted by atomic mass is 16.5. The molecule has 30 heavy (non-hydrogen) atoms. The van der Waals surface area contributed by atoms with Gasteiger partial charge in [-0.3, -0.25) is 0 Å². The average molecular weight is 401 g/mol. The van der Waals surface area contributed by atoms with E-state index in [0.717, 1.165) is 51.7 Å². The molecule has 0 spiro atoms. The van der Waals surface area contributed by atoms with E-state index in [0.29, 0.717) is 0 Å². The summed E-state index contributed by atoms with van der Waals surface area (Å²) in [5.74, 6) is 1.57. The molecule has 0 bridgehead atoms. The number of ether oxygens (including phenoxy) is 2. The van der Waals surface area contributed by atoms with Gasteiger partial charge in [0.25, 0.3) is 0 Å². The van der Waals surface area contributed by atoms with Crippen molar-refractivity contribution in [2.24, 2.45) is 0 Å². The van der Waals surface area contributed by atoms with Crippen LogP contribution in [0.1, 0.15) is 29.2 Å². The van der Waals surface area contributed by atoms with E-state index in [2.05, 4.69) is 42.6 Å². The minimum absolute atomic E-state index is 0.749. The Morgan fingerprint density at radius 1 is 0.733 bits per heavy atom. The first-order valence-electron chi connectivity index (χ1n) is 9.94. The SMILES string of the molecule is CCNc1ccc(/C=C/c2cc(OC)c(/C=C/c3ccc(N)cc3)cc2OC)cc1. The molecule has 0 fully saturated rings. The molecule has 4 heteroatoms. The molecule has 0 heterocycles. The lowest BCUT2D eigenvalue weighted by Crippen LogP contribution is -1.95.